The van der Waals surface area contributed by atoms with Gasteiger partial charge in [0, 0.05) is 0 Å². The summed E-state index contributed by atoms with van der Waals surface area (Å²) in [5.74, 6) is -1.18. The Balaban J connectivity index is 0.00000256. The van der Waals surface area contributed by atoms with Crippen LogP contribution in [-0.4, -0.2) is 28.2 Å². The van der Waals surface area contributed by atoms with Gasteiger partial charge in [-0.25, -0.2) is 4.39 Å². The zero-order valence-electron chi connectivity index (χ0n) is 8.24. The van der Waals surface area contributed by atoms with E-state index in [4.69, 9.17) is 14.3 Å². The molecular formula is C7H10FO7PS. The summed E-state index contributed by atoms with van der Waals surface area (Å²) >= 11 is 0. The molecule has 0 atom stereocenters. The Kier molecular flexibility index (Phi) is 4.96. The molecule has 0 unspecified atom stereocenters. The predicted octanol–water partition coefficient (Wildman–Crippen LogP) is -0.0746. The van der Waals surface area contributed by atoms with Crippen LogP contribution < -0.4 is 0 Å². The highest BCUT2D eigenvalue weighted by Crippen LogP contribution is 2.39. The van der Waals surface area contributed by atoms with E-state index in [9.17, 15) is 17.4 Å². The predicted molar refractivity (Wildman–Crippen MR) is 55.6 cm³/mol. The number of benzene rings is 1. The third-order valence-corrected chi connectivity index (χ3v) is 3.31. The van der Waals surface area contributed by atoms with E-state index in [-0.39, 0.29) is 11.0 Å². The summed E-state index contributed by atoms with van der Waals surface area (Å²) in [5.41, 5.74) is -0.0811. The van der Waals surface area contributed by atoms with Crippen molar-refractivity contribution in [3.8, 4) is 0 Å². The van der Waals surface area contributed by atoms with E-state index < -0.39 is 34.6 Å². The van der Waals surface area contributed by atoms with Crippen molar-refractivity contribution in [3.05, 3.63) is 29.6 Å². The lowest BCUT2D eigenvalue weighted by molar-refractivity contribution is 0.371. The van der Waals surface area contributed by atoms with Crippen LogP contribution >= 0.6 is 7.60 Å². The summed E-state index contributed by atoms with van der Waals surface area (Å²) in [6.45, 7) is 0. The quantitative estimate of drug-likeness (QED) is 0.524. The summed E-state index contributed by atoms with van der Waals surface area (Å²) in [6.07, 6.45) is -0.726. The highest BCUT2D eigenvalue weighted by Gasteiger charge is 2.20. The molecule has 1 aromatic carbocycles. The van der Waals surface area contributed by atoms with Crippen LogP contribution in [-0.2, 0) is 20.8 Å². The van der Waals surface area contributed by atoms with Crippen LogP contribution in [0.3, 0.4) is 0 Å². The van der Waals surface area contributed by atoms with Crippen molar-refractivity contribution in [2.45, 2.75) is 11.1 Å². The molecule has 0 bridgehead atoms. The van der Waals surface area contributed by atoms with Gasteiger partial charge in [-0.2, -0.15) is 8.42 Å². The third-order valence-electron chi connectivity index (χ3n) is 1.66. The van der Waals surface area contributed by atoms with Gasteiger partial charge in [0.05, 0.1) is 6.16 Å². The molecule has 1 rings (SSSR count). The van der Waals surface area contributed by atoms with Gasteiger partial charge in [0.2, 0.25) is 0 Å². The Labute approximate surface area is 96.1 Å². The Morgan fingerprint density at radius 3 is 2.24 bits per heavy atom. The van der Waals surface area contributed by atoms with Crippen LogP contribution in [0.2, 0.25) is 0 Å². The zero-order valence-corrected chi connectivity index (χ0v) is 9.95. The fourth-order valence-corrected chi connectivity index (χ4v) is 2.37. The van der Waals surface area contributed by atoms with Gasteiger partial charge in [0.15, 0.2) is 0 Å². The molecule has 0 aliphatic carbocycles. The van der Waals surface area contributed by atoms with Crippen LogP contribution in [0.1, 0.15) is 5.56 Å². The van der Waals surface area contributed by atoms with Crippen LogP contribution in [0, 0.1) is 5.82 Å². The first-order valence-electron chi connectivity index (χ1n) is 3.90. The number of hydrogen-bond donors (Lipinski definition) is 3. The van der Waals surface area contributed by atoms with Crippen molar-refractivity contribution in [1.29, 1.82) is 0 Å². The second kappa shape index (κ2) is 5.21. The standard InChI is InChI=1S/C7H8FO6PS.H2O/c8-6-2-1-5(4-15(9,10)11)3-7(6)16(12,13)14;/h1-3H,4H2,(H2,9,10,11)(H,12,13,14);1H2. The molecule has 0 heterocycles. The van der Waals surface area contributed by atoms with E-state index in [0.29, 0.717) is 12.1 Å². The zero-order chi connectivity index (χ0) is 12.6. The van der Waals surface area contributed by atoms with Gasteiger partial charge in [0.1, 0.15) is 10.7 Å². The maximum atomic E-state index is 13.0. The van der Waals surface area contributed by atoms with E-state index in [2.05, 4.69) is 0 Å². The molecule has 0 fully saturated rings. The average Bonchev–Trinajstić information content (AvgIpc) is 2.04. The fourth-order valence-electron chi connectivity index (χ4n) is 1.08. The topological polar surface area (TPSA) is 143 Å². The molecular weight excluding hydrogens is 278 g/mol. The number of hydrogen-bond acceptors (Lipinski definition) is 3. The first kappa shape index (κ1) is 16.2. The molecule has 10 heteroatoms. The molecule has 0 aromatic heterocycles. The van der Waals surface area contributed by atoms with Gasteiger partial charge in [-0.05, 0) is 17.7 Å². The van der Waals surface area contributed by atoms with Gasteiger partial charge in [-0.3, -0.25) is 9.12 Å². The van der Waals surface area contributed by atoms with E-state index >= 15 is 0 Å². The van der Waals surface area contributed by atoms with Gasteiger partial charge in [-0.15, -0.1) is 0 Å². The average molecular weight is 288 g/mol. The maximum absolute atomic E-state index is 13.0. The molecule has 7 nitrogen and oxygen atoms in total. The normalized spacial score (nSPS) is 12.0. The number of halogens is 1. The summed E-state index contributed by atoms with van der Waals surface area (Å²) < 4.78 is 53.6. The minimum atomic E-state index is -4.74. The molecule has 98 valence electrons. The van der Waals surface area contributed by atoms with Crippen molar-refractivity contribution in [2.75, 3.05) is 0 Å². The maximum Gasteiger partial charge on any atom is 0.329 e. The summed E-state index contributed by atoms with van der Waals surface area (Å²) in [5, 5.41) is 0. The second-order valence-corrected chi connectivity index (χ2v) is 6.10. The molecule has 0 saturated carbocycles. The van der Waals surface area contributed by atoms with Crippen LogP contribution in [0.25, 0.3) is 0 Å². The Morgan fingerprint density at radius 1 is 1.29 bits per heavy atom. The highest BCUT2D eigenvalue weighted by molar-refractivity contribution is 7.85. The van der Waals surface area contributed by atoms with Gasteiger partial charge >= 0.3 is 7.60 Å². The Hall–Kier alpha value is -0.830. The van der Waals surface area contributed by atoms with Crippen molar-refractivity contribution in [1.82, 2.24) is 0 Å². The molecule has 17 heavy (non-hydrogen) atoms. The summed E-state index contributed by atoms with van der Waals surface area (Å²) in [6, 6.07) is 2.43. The van der Waals surface area contributed by atoms with Crippen molar-refractivity contribution >= 4 is 17.7 Å². The number of rotatable bonds is 3. The Bertz CT molecular complexity index is 549. The van der Waals surface area contributed by atoms with Crippen molar-refractivity contribution in [3.63, 3.8) is 0 Å². The minimum absolute atomic E-state index is 0. The van der Waals surface area contributed by atoms with Crippen LogP contribution in [0.4, 0.5) is 4.39 Å². The molecule has 0 aliphatic rings. The van der Waals surface area contributed by atoms with Gasteiger partial charge < -0.3 is 15.3 Å². The lowest BCUT2D eigenvalue weighted by atomic mass is 10.2. The van der Waals surface area contributed by atoms with Crippen molar-refractivity contribution in [2.24, 2.45) is 0 Å². The molecule has 5 N–H and O–H groups in total. The molecule has 0 saturated heterocycles. The van der Waals surface area contributed by atoms with E-state index in [1.807, 2.05) is 0 Å². The first-order chi connectivity index (χ1) is 7.09. The largest absolute Gasteiger partial charge is 0.412 e. The Morgan fingerprint density at radius 2 is 1.82 bits per heavy atom. The van der Waals surface area contributed by atoms with Gasteiger partial charge in [-0.1, -0.05) is 6.07 Å². The van der Waals surface area contributed by atoms with E-state index in [0.717, 1.165) is 6.07 Å². The minimum Gasteiger partial charge on any atom is -0.412 e. The highest BCUT2D eigenvalue weighted by atomic mass is 32.2. The lowest BCUT2D eigenvalue weighted by Crippen LogP contribution is -2.02. The fraction of sp³-hybridized carbons (Fsp3) is 0.143. The van der Waals surface area contributed by atoms with Crippen molar-refractivity contribution < 1.29 is 37.2 Å². The molecule has 0 aliphatic heterocycles. The van der Waals surface area contributed by atoms with E-state index in [1.54, 1.807) is 0 Å². The molecule has 0 amide bonds. The monoisotopic (exact) mass is 288 g/mol. The second-order valence-electron chi connectivity index (χ2n) is 3.06. The SMILES string of the molecule is O.O=P(O)(O)Cc1ccc(F)c(S(=O)(=O)O)c1. The lowest BCUT2D eigenvalue weighted by Gasteiger charge is -2.06. The molecule has 0 spiro atoms. The van der Waals surface area contributed by atoms with E-state index in [1.165, 1.54) is 0 Å². The first-order valence-corrected chi connectivity index (χ1v) is 7.14. The van der Waals surface area contributed by atoms with Crippen LogP contribution in [0.15, 0.2) is 23.1 Å². The third kappa shape index (κ3) is 4.90. The molecule has 0 radical (unpaired) electrons. The smallest absolute Gasteiger partial charge is 0.329 e. The molecule has 1 aromatic rings. The van der Waals surface area contributed by atoms with Gasteiger partial charge in [0.25, 0.3) is 10.1 Å². The summed E-state index contributed by atoms with van der Waals surface area (Å²) in [4.78, 5) is 16.3. The van der Waals surface area contributed by atoms with Crippen LogP contribution in [0.5, 0.6) is 0 Å². The summed E-state index contributed by atoms with van der Waals surface area (Å²) in [7, 11) is -9.11.